The third kappa shape index (κ3) is 5.40. The van der Waals surface area contributed by atoms with Crippen molar-refractivity contribution < 1.29 is 22.7 Å². The van der Waals surface area contributed by atoms with Crippen LogP contribution in [0.25, 0.3) is 0 Å². The summed E-state index contributed by atoms with van der Waals surface area (Å²) in [6.07, 6.45) is 5.18. The third-order valence-electron chi connectivity index (χ3n) is 5.31. The molecule has 1 aliphatic heterocycles. The highest BCUT2D eigenvalue weighted by Gasteiger charge is 2.28. The summed E-state index contributed by atoms with van der Waals surface area (Å²) in [5.41, 5.74) is 1.15. The van der Waals surface area contributed by atoms with Crippen LogP contribution in [0.4, 0.5) is 0 Å². The summed E-state index contributed by atoms with van der Waals surface area (Å²) >= 11 is 0. The molecule has 0 spiro atoms. The zero-order chi connectivity index (χ0) is 22.4. The standard InChI is InChI=1S/C22H31N3O5S/c1-4-12-30-20-9-8-17(13-21(20)29-3)15-23-22(26)19-14-18(16-24(19)2)31(27,28)25-10-6-5-7-11-25/h8-9,13-14,16H,4-7,10-12,15H2,1-3H3,(H,23,26). The normalized spacial score (nSPS) is 14.9. The molecule has 0 radical (unpaired) electrons. The van der Waals surface area contributed by atoms with Gasteiger partial charge in [0.25, 0.3) is 5.91 Å². The summed E-state index contributed by atoms with van der Waals surface area (Å²) in [4.78, 5) is 12.9. The van der Waals surface area contributed by atoms with Crippen molar-refractivity contribution >= 4 is 15.9 Å². The number of nitrogens with one attached hydrogen (secondary N) is 1. The van der Waals surface area contributed by atoms with E-state index < -0.39 is 10.0 Å². The summed E-state index contributed by atoms with van der Waals surface area (Å²) in [6.45, 7) is 3.96. The monoisotopic (exact) mass is 449 g/mol. The van der Waals surface area contributed by atoms with E-state index >= 15 is 0 Å². The minimum absolute atomic E-state index is 0.154. The van der Waals surface area contributed by atoms with Crippen LogP contribution in [0.3, 0.4) is 0 Å². The van der Waals surface area contributed by atoms with E-state index in [0.717, 1.165) is 31.2 Å². The van der Waals surface area contributed by atoms with E-state index in [0.29, 0.717) is 36.9 Å². The molecule has 31 heavy (non-hydrogen) atoms. The molecular formula is C22H31N3O5S. The SMILES string of the molecule is CCCOc1ccc(CNC(=O)c2cc(S(=O)(=O)N3CCCCC3)cn2C)cc1OC. The Bertz CT molecular complexity index is 1010. The molecule has 3 rings (SSSR count). The van der Waals surface area contributed by atoms with Gasteiger partial charge in [-0.2, -0.15) is 4.31 Å². The molecule has 2 aromatic rings. The van der Waals surface area contributed by atoms with Gasteiger partial charge in [-0.3, -0.25) is 4.79 Å². The molecule has 170 valence electrons. The number of ether oxygens (including phenoxy) is 2. The van der Waals surface area contributed by atoms with Crippen LogP contribution in [-0.4, -0.2) is 50.0 Å². The molecule has 8 nitrogen and oxygen atoms in total. The van der Waals surface area contributed by atoms with E-state index in [-0.39, 0.29) is 17.3 Å². The zero-order valence-corrected chi connectivity index (χ0v) is 19.2. The second-order valence-corrected chi connectivity index (χ2v) is 9.59. The lowest BCUT2D eigenvalue weighted by molar-refractivity contribution is 0.0942. The van der Waals surface area contributed by atoms with E-state index in [1.807, 2.05) is 25.1 Å². The molecule has 1 fully saturated rings. The highest BCUT2D eigenvalue weighted by atomic mass is 32.2. The number of piperidine rings is 1. The quantitative estimate of drug-likeness (QED) is 0.636. The van der Waals surface area contributed by atoms with Gasteiger partial charge in [0.15, 0.2) is 11.5 Å². The highest BCUT2D eigenvalue weighted by Crippen LogP contribution is 2.28. The third-order valence-corrected chi connectivity index (χ3v) is 7.17. The number of hydrogen-bond acceptors (Lipinski definition) is 5. The number of carbonyl (C=O) groups excluding carboxylic acids is 1. The second-order valence-electron chi connectivity index (χ2n) is 7.65. The summed E-state index contributed by atoms with van der Waals surface area (Å²) in [5.74, 6) is 0.927. The van der Waals surface area contributed by atoms with Crippen molar-refractivity contribution in [3.63, 3.8) is 0 Å². The van der Waals surface area contributed by atoms with E-state index in [1.165, 1.54) is 16.6 Å². The highest BCUT2D eigenvalue weighted by molar-refractivity contribution is 7.89. The van der Waals surface area contributed by atoms with Gasteiger partial charge in [0.2, 0.25) is 10.0 Å². The first kappa shape index (κ1) is 23.1. The zero-order valence-electron chi connectivity index (χ0n) is 18.4. The Hall–Kier alpha value is -2.52. The van der Waals surface area contributed by atoms with Gasteiger partial charge in [0, 0.05) is 32.9 Å². The van der Waals surface area contributed by atoms with Gasteiger partial charge in [0.05, 0.1) is 13.7 Å². The van der Waals surface area contributed by atoms with Crippen LogP contribution in [0.15, 0.2) is 35.4 Å². The number of aromatic nitrogens is 1. The molecule has 0 saturated carbocycles. The smallest absolute Gasteiger partial charge is 0.268 e. The van der Waals surface area contributed by atoms with E-state index in [9.17, 15) is 13.2 Å². The van der Waals surface area contributed by atoms with Crippen molar-refractivity contribution in [1.82, 2.24) is 14.2 Å². The Labute approximate surface area is 184 Å². The first-order valence-electron chi connectivity index (χ1n) is 10.6. The molecule has 1 N–H and O–H groups in total. The molecule has 0 unspecified atom stereocenters. The number of sulfonamides is 1. The number of hydrogen-bond donors (Lipinski definition) is 1. The maximum Gasteiger partial charge on any atom is 0.268 e. The van der Waals surface area contributed by atoms with E-state index in [2.05, 4.69) is 5.32 Å². The molecule has 1 aliphatic rings. The lowest BCUT2D eigenvalue weighted by atomic mass is 10.2. The number of carbonyl (C=O) groups is 1. The van der Waals surface area contributed by atoms with Gasteiger partial charge in [-0.25, -0.2) is 8.42 Å². The maximum absolute atomic E-state index is 12.9. The minimum atomic E-state index is -3.58. The first-order chi connectivity index (χ1) is 14.9. The van der Waals surface area contributed by atoms with Crippen molar-refractivity contribution in [2.75, 3.05) is 26.8 Å². The van der Waals surface area contributed by atoms with Crippen molar-refractivity contribution in [1.29, 1.82) is 0 Å². The Morgan fingerprint density at radius 3 is 2.55 bits per heavy atom. The van der Waals surface area contributed by atoms with Crippen molar-refractivity contribution in [2.24, 2.45) is 7.05 Å². The minimum Gasteiger partial charge on any atom is -0.493 e. The number of nitrogens with zero attached hydrogens (tertiary/aromatic N) is 2. The van der Waals surface area contributed by atoms with Crippen LogP contribution >= 0.6 is 0 Å². The summed E-state index contributed by atoms with van der Waals surface area (Å²) in [5, 5.41) is 2.85. The van der Waals surface area contributed by atoms with Gasteiger partial charge in [-0.15, -0.1) is 0 Å². The molecule has 1 saturated heterocycles. The number of aryl methyl sites for hydroxylation is 1. The van der Waals surface area contributed by atoms with E-state index in [4.69, 9.17) is 9.47 Å². The Morgan fingerprint density at radius 2 is 1.87 bits per heavy atom. The van der Waals surface area contributed by atoms with Gasteiger partial charge < -0.3 is 19.4 Å². The van der Waals surface area contributed by atoms with Gasteiger partial charge in [-0.05, 0) is 43.0 Å². The maximum atomic E-state index is 12.9. The fourth-order valence-electron chi connectivity index (χ4n) is 3.58. The number of rotatable bonds is 9. The molecule has 1 amide bonds. The van der Waals surface area contributed by atoms with Crippen LogP contribution in [-0.2, 0) is 23.6 Å². The fraction of sp³-hybridized carbons (Fsp3) is 0.500. The van der Waals surface area contributed by atoms with Gasteiger partial charge in [-0.1, -0.05) is 19.4 Å². The van der Waals surface area contributed by atoms with Crippen LogP contribution < -0.4 is 14.8 Å². The lowest BCUT2D eigenvalue weighted by Gasteiger charge is -2.25. The predicted octanol–water partition coefficient (Wildman–Crippen LogP) is 2.93. The molecular weight excluding hydrogens is 418 g/mol. The van der Waals surface area contributed by atoms with Gasteiger partial charge in [0.1, 0.15) is 10.6 Å². The molecule has 1 aromatic heterocycles. The molecule has 0 atom stereocenters. The number of benzene rings is 1. The Balaban J connectivity index is 1.69. The predicted molar refractivity (Wildman–Crippen MR) is 118 cm³/mol. The molecule has 9 heteroatoms. The average molecular weight is 450 g/mol. The lowest BCUT2D eigenvalue weighted by Crippen LogP contribution is -2.35. The van der Waals surface area contributed by atoms with E-state index in [1.54, 1.807) is 18.7 Å². The molecule has 1 aromatic carbocycles. The summed E-state index contributed by atoms with van der Waals surface area (Å²) in [6, 6.07) is 6.96. The van der Waals surface area contributed by atoms with Crippen molar-refractivity contribution in [3.8, 4) is 11.5 Å². The number of methoxy groups -OCH3 is 1. The van der Waals surface area contributed by atoms with Crippen LogP contribution in [0.5, 0.6) is 11.5 Å². The fourth-order valence-corrected chi connectivity index (χ4v) is 5.17. The topological polar surface area (TPSA) is 89.9 Å². The molecule has 0 aliphatic carbocycles. The Kier molecular flexibility index (Phi) is 7.61. The number of amides is 1. The summed E-state index contributed by atoms with van der Waals surface area (Å²) < 4.78 is 39.9. The second kappa shape index (κ2) is 10.2. The Morgan fingerprint density at radius 1 is 1.13 bits per heavy atom. The molecule has 0 bridgehead atoms. The van der Waals surface area contributed by atoms with Crippen molar-refractivity contribution in [3.05, 3.63) is 41.7 Å². The average Bonchev–Trinajstić information content (AvgIpc) is 3.19. The largest absolute Gasteiger partial charge is 0.493 e. The van der Waals surface area contributed by atoms with Gasteiger partial charge >= 0.3 is 0 Å². The van der Waals surface area contributed by atoms with Crippen LogP contribution in [0.2, 0.25) is 0 Å². The molecule has 2 heterocycles. The van der Waals surface area contributed by atoms with Crippen LogP contribution in [0.1, 0.15) is 48.7 Å². The summed E-state index contributed by atoms with van der Waals surface area (Å²) in [7, 11) is -0.336. The first-order valence-corrected chi connectivity index (χ1v) is 12.0. The van der Waals surface area contributed by atoms with Crippen LogP contribution in [0, 0.1) is 0 Å². The van der Waals surface area contributed by atoms with Crippen molar-refractivity contribution in [2.45, 2.75) is 44.0 Å².